The predicted octanol–water partition coefficient (Wildman–Crippen LogP) is 1.64. The fraction of sp³-hybridized carbons (Fsp3) is 0.0769. The fourth-order valence-electron chi connectivity index (χ4n) is 1.48. The number of amides is 1. The van der Waals surface area contributed by atoms with E-state index in [1.54, 1.807) is 30.3 Å². The summed E-state index contributed by atoms with van der Waals surface area (Å²) in [5, 5.41) is 2.54. The number of methoxy groups -OCH3 is 1. The van der Waals surface area contributed by atoms with Crippen LogP contribution in [-0.4, -0.2) is 18.0 Å². The van der Waals surface area contributed by atoms with E-state index in [2.05, 4.69) is 10.3 Å². The molecule has 0 saturated carbocycles. The van der Waals surface area contributed by atoms with Crippen LogP contribution < -0.4 is 15.6 Å². The average molecular weight is 244 g/mol. The first-order valence-corrected chi connectivity index (χ1v) is 5.34. The summed E-state index contributed by atoms with van der Waals surface area (Å²) in [6.45, 7) is 0. The van der Waals surface area contributed by atoms with Crippen molar-refractivity contribution in [2.24, 2.45) is 0 Å². The molecule has 0 aliphatic heterocycles. The Morgan fingerprint density at radius 3 is 2.83 bits per heavy atom. The molecule has 0 aliphatic rings. The zero-order chi connectivity index (χ0) is 13.0. The van der Waals surface area contributed by atoms with Crippen LogP contribution in [-0.2, 0) is 0 Å². The minimum atomic E-state index is -0.356. The monoisotopic (exact) mass is 244 g/mol. The standard InChI is InChI=1S/C13H12N2O3/c1-18-10-5-2-4-9(8-10)12(16)15-11-6-3-7-14-13(11)17/h2-8H,1H3,(H,14,17)(H,15,16). The van der Waals surface area contributed by atoms with Gasteiger partial charge in [-0.2, -0.15) is 0 Å². The zero-order valence-electron chi connectivity index (χ0n) is 9.77. The third-order valence-corrected chi connectivity index (χ3v) is 2.40. The van der Waals surface area contributed by atoms with Crippen molar-refractivity contribution in [3.63, 3.8) is 0 Å². The molecule has 1 aromatic carbocycles. The van der Waals surface area contributed by atoms with Gasteiger partial charge in [-0.05, 0) is 30.3 Å². The van der Waals surface area contributed by atoms with Gasteiger partial charge < -0.3 is 15.0 Å². The van der Waals surface area contributed by atoms with E-state index in [1.165, 1.54) is 19.4 Å². The van der Waals surface area contributed by atoms with E-state index in [0.29, 0.717) is 11.3 Å². The lowest BCUT2D eigenvalue weighted by molar-refractivity contribution is 0.102. The summed E-state index contributed by atoms with van der Waals surface area (Å²) < 4.78 is 5.03. The molecule has 0 fully saturated rings. The average Bonchev–Trinajstić information content (AvgIpc) is 2.41. The van der Waals surface area contributed by atoms with Crippen molar-refractivity contribution in [3.8, 4) is 5.75 Å². The van der Waals surface area contributed by atoms with E-state index in [0.717, 1.165) is 0 Å². The molecule has 5 nitrogen and oxygen atoms in total. The van der Waals surface area contributed by atoms with Gasteiger partial charge in [-0.3, -0.25) is 9.59 Å². The Morgan fingerprint density at radius 1 is 1.28 bits per heavy atom. The molecule has 2 rings (SSSR count). The van der Waals surface area contributed by atoms with Gasteiger partial charge in [-0.25, -0.2) is 0 Å². The van der Waals surface area contributed by atoms with Crippen molar-refractivity contribution in [2.45, 2.75) is 0 Å². The minimum absolute atomic E-state index is 0.213. The van der Waals surface area contributed by atoms with Gasteiger partial charge in [0.05, 0.1) is 7.11 Å². The summed E-state index contributed by atoms with van der Waals surface area (Å²) >= 11 is 0. The Kier molecular flexibility index (Phi) is 3.43. The molecule has 18 heavy (non-hydrogen) atoms. The normalized spacial score (nSPS) is 9.83. The highest BCUT2D eigenvalue weighted by atomic mass is 16.5. The van der Waals surface area contributed by atoms with Crippen molar-refractivity contribution in [2.75, 3.05) is 12.4 Å². The zero-order valence-corrected chi connectivity index (χ0v) is 9.77. The van der Waals surface area contributed by atoms with E-state index in [9.17, 15) is 9.59 Å². The topological polar surface area (TPSA) is 71.2 Å². The molecular weight excluding hydrogens is 232 g/mol. The first kappa shape index (κ1) is 11.9. The van der Waals surface area contributed by atoms with Crippen LogP contribution in [0.25, 0.3) is 0 Å². The summed E-state index contributed by atoms with van der Waals surface area (Å²) in [4.78, 5) is 25.8. The second-order valence-corrected chi connectivity index (χ2v) is 3.60. The third-order valence-electron chi connectivity index (χ3n) is 2.40. The lowest BCUT2D eigenvalue weighted by Gasteiger charge is -2.05. The number of anilines is 1. The Hall–Kier alpha value is -2.56. The first-order valence-electron chi connectivity index (χ1n) is 5.34. The van der Waals surface area contributed by atoms with E-state index in [-0.39, 0.29) is 17.2 Å². The number of carbonyl (C=O) groups is 1. The Balaban J connectivity index is 2.22. The largest absolute Gasteiger partial charge is 0.497 e. The SMILES string of the molecule is COc1cccc(C(=O)Nc2ccc[nH]c2=O)c1. The number of H-pyrrole nitrogens is 1. The second-order valence-electron chi connectivity index (χ2n) is 3.60. The van der Waals surface area contributed by atoms with Gasteiger partial charge in [-0.15, -0.1) is 0 Å². The van der Waals surface area contributed by atoms with Gasteiger partial charge in [0.25, 0.3) is 11.5 Å². The van der Waals surface area contributed by atoms with E-state index in [1.807, 2.05) is 0 Å². The lowest BCUT2D eigenvalue weighted by atomic mass is 10.2. The van der Waals surface area contributed by atoms with Crippen molar-refractivity contribution in [1.82, 2.24) is 4.98 Å². The fourth-order valence-corrected chi connectivity index (χ4v) is 1.48. The van der Waals surface area contributed by atoms with Crippen LogP contribution in [0.2, 0.25) is 0 Å². The summed E-state index contributed by atoms with van der Waals surface area (Å²) in [5.74, 6) is 0.232. The molecule has 0 aliphatic carbocycles. The number of benzene rings is 1. The number of rotatable bonds is 3. The van der Waals surface area contributed by atoms with Crippen LogP contribution in [0.4, 0.5) is 5.69 Å². The van der Waals surface area contributed by atoms with Crippen molar-refractivity contribution >= 4 is 11.6 Å². The van der Waals surface area contributed by atoms with Crippen molar-refractivity contribution < 1.29 is 9.53 Å². The molecule has 0 radical (unpaired) electrons. The maximum Gasteiger partial charge on any atom is 0.271 e. The van der Waals surface area contributed by atoms with Gasteiger partial charge in [0.2, 0.25) is 0 Å². The summed E-state index contributed by atoms with van der Waals surface area (Å²) in [6.07, 6.45) is 1.50. The van der Waals surface area contributed by atoms with Gasteiger partial charge in [0, 0.05) is 11.8 Å². The molecule has 0 spiro atoms. The second kappa shape index (κ2) is 5.18. The first-order chi connectivity index (χ1) is 8.70. The molecule has 0 atom stereocenters. The van der Waals surface area contributed by atoms with Crippen LogP contribution in [0, 0.1) is 0 Å². The number of ether oxygens (including phenoxy) is 1. The highest BCUT2D eigenvalue weighted by molar-refractivity contribution is 6.04. The Bertz CT molecular complexity index is 619. The van der Waals surface area contributed by atoms with E-state index >= 15 is 0 Å². The molecule has 2 aromatic rings. The molecule has 2 N–H and O–H groups in total. The van der Waals surface area contributed by atoms with E-state index < -0.39 is 0 Å². The summed E-state index contributed by atoms with van der Waals surface area (Å²) in [5.41, 5.74) is 0.302. The van der Waals surface area contributed by atoms with Crippen LogP contribution in [0.1, 0.15) is 10.4 Å². The van der Waals surface area contributed by atoms with Gasteiger partial charge >= 0.3 is 0 Å². The van der Waals surface area contributed by atoms with Gasteiger partial charge in [0.1, 0.15) is 11.4 Å². The van der Waals surface area contributed by atoms with Gasteiger partial charge in [-0.1, -0.05) is 6.07 Å². The smallest absolute Gasteiger partial charge is 0.271 e. The highest BCUT2D eigenvalue weighted by Gasteiger charge is 2.08. The maximum absolute atomic E-state index is 11.9. The Morgan fingerprint density at radius 2 is 2.11 bits per heavy atom. The number of nitrogens with one attached hydrogen (secondary N) is 2. The molecule has 0 unspecified atom stereocenters. The number of carbonyl (C=O) groups excluding carboxylic acids is 1. The Labute approximate surface area is 103 Å². The minimum Gasteiger partial charge on any atom is -0.497 e. The van der Waals surface area contributed by atoms with Crippen LogP contribution in [0.5, 0.6) is 5.75 Å². The predicted molar refractivity (Wildman–Crippen MR) is 68.0 cm³/mol. The summed E-state index contributed by atoms with van der Waals surface area (Å²) in [7, 11) is 1.53. The molecule has 0 bridgehead atoms. The maximum atomic E-state index is 11.9. The van der Waals surface area contributed by atoms with Crippen molar-refractivity contribution in [3.05, 3.63) is 58.5 Å². The van der Waals surface area contributed by atoms with Gasteiger partial charge in [0.15, 0.2) is 0 Å². The quantitative estimate of drug-likeness (QED) is 0.862. The number of hydrogen-bond donors (Lipinski definition) is 2. The molecule has 1 aromatic heterocycles. The van der Waals surface area contributed by atoms with Crippen LogP contribution >= 0.6 is 0 Å². The lowest BCUT2D eigenvalue weighted by Crippen LogP contribution is -2.19. The summed E-state index contributed by atoms with van der Waals surface area (Å²) in [6, 6.07) is 9.88. The molecular formula is C13H12N2O3. The van der Waals surface area contributed by atoms with Crippen LogP contribution in [0.15, 0.2) is 47.4 Å². The third kappa shape index (κ3) is 2.57. The molecule has 1 amide bonds. The van der Waals surface area contributed by atoms with E-state index in [4.69, 9.17) is 4.74 Å². The molecule has 5 heteroatoms. The number of hydrogen-bond acceptors (Lipinski definition) is 3. The number of pyridine rings is 1. The highest BCUT2D eigenvalue weighted by Crippen LogP contribution is 2.13. The molecule has 92 valence electrons. The molecule has 0 saturated heterocycles. The van der Waals surface area contributed by atoms with Crippen molar-refractivity contribution in [1.29, 1.82) is 0 Å². The molecule has 1 heterocycles. The number of aromatic nitrogens is 1. The number of aromatic amines is 1. The van der Waals surface area contributed by atoms with Crippen LogP contribution in [0.3, 0.4) is 0 Å².